The highest BCUT2D eigenvalue weighted by molar-refractivity contribution is 6.42. The molecule has 2 aliphatic rings. The van der Waals surface area contributed by atoms with Crippen LogP contribution in [-0.2, 0) is 5.41 Å². The molecule has 2 fully saturated rings. The molecule has 0 amide bonds. The lowest BCUT2D eigenvalue weighted by atomic mass is 9.74. The first-order chi connectivity index (χ1) is 8.43. The Balaban J connectivity index is 2.05. The number of fused-ring (bicyclic) bond motifs is 1. The van der Waals surface area contributed by atoms with Crippen molar-refractivity contribution in [2.75, 3.05) is 13.1 Å². The van der Waals surface area contributed by atoms with Crippen molar-refractivity contribution >= 4 is 23.2 Å². The summed E-state index contributed by atoms with van der Waals surface area (Å²) in [7, 11) is 0. The topological polar surface area (TPSA) is 12.0 Å². The molecule has 5 heteroatoms. The van der Waals surface area contributed by atoms with Gasteiger partial charge in [-0.1, -0.05) is 29.3 Å². The monoisotopic (exact) mass is 291 g/mol. The molecular weight excluding hydrogens is 279 g/mol. The summed E-state index contributed by atoms with van der Waals surface area (Å²) < 4.78 is 27.4. The summed E-state index contributed by atoms with van der Waals surface area (Å²) >= 11 is 11.9. The van der Waals surface area contributed by atoms with Crippen molar-refractivity contribution in [1.82, 2.24) is 5.32 Å². The number of alkyl halides is 2. The lowest BCUT2D eigenvalue weighted by Crippen LogP contribution is -2.32. The molecule has 2 atom stereocenters. The third-order valence-corrected chi connectivity index (χ3v) is 4.97. The molecule has 1 N–H and O–H groups in total. The molecule has 1 nitrogen and oxygen atoms in total. The minimum atomic E-state index is -2.57. The van der Waals surface area contributed by atoms with Gasteiger partial charge in [0.05, 0.1) is 10.0 Å². The summed E-state index contributed by atoms with van der Waals surface area (Å²) in [5.74, 6) is -2.59. The van der Waals surface area contributed by atoms with Crippen LogP contribution in [0.1, 0.15) is 18.4 Å². The number of nitrogens with one attached hydrogen (secondary N) is 1. The van der Waals surface area contributed by atoms with E-state index in [-0.39, 0.29) is 18.8 Å². The van der Waals surface area contributed by atoms with Crippen LogP contribution in [0.25, 0.3) is 0 Å². The van der Waals surface area contributed by atoms with Gasteiger partial charge in [-0.15, -0.1) is 0 Å². The lowest BCUT2D eigenvalue weighted by Gasteiger charge is -2.29. The minimum Gasteiger partial charge on any atom is -0.316 e. The largest absolute Gasteiger partial charge is 0.316 e. The molecule has 1 aromatic rings. The third kappa shape index (κ3) is 1.84. The van der Waals surface area contributed by atoms with E-state index in [0.29, 0.717) is 23.1 Å². The first-order valence-corrected chi connectivity index (χ1v) is 6.73. The predicted molar refractivity (Wildman–Crippen MR) is 68.7 cm³/mol. The van der Waals surface area contributed by atoms with Gasteiger partial charge >= 0.3 is 0 Å². The molecule has 1 heterocycles. The Kier molecular flexibility index (Phi) is 2.85. The van der Waals surface area contributed by atoms with E-state index in [1.165, 1.54) is 0 Å². The van der Waals surface area contributed by atoms with Gasteiger partial charge in [-0.3, -0.25) is 0 Å². The van der Waals surface area contributed by atoms with E-state index in [9.17, 15) is 8.78 Å². The van der Waals surface area contributed by atoms with E-state index in [2.05, 4.69) is 5.32 Å². The summed E-state index contributed by atoms with van der Waals surface area (Å²) in [6.45, 7) is 1.24. The Morgan fingerprint density at radius 1 is 1.22 bits per heavy atom. The normalized spacial score (nSPS) is 33.7. The molecule has 1 saturated carbocycles. The fraction of sp³-hybridized carbons (Fsp3) is 0.538. The molecular formula is C13H13Cl2F2N. The van der Waals surface area contributed by atoms with E-state index < -0.39 is 11.3 Å². The molecule has 1 aliphatic heterocycles. The van der Waals surface area contributed by atoms with E-state index in [0.717, 1.165) is 5.56 Å². The van der Waals surface area contributed by atoms with Crippen LogP contribution in [0.3, 0.4) is 0 Å². The van der Waals surface area contributed by atoms with Crippen molar-refractivity contribution in [3.05, 3.63) is 33.8 Å². The van der Waals surface area contributed by atoms with Gasteiger partial charge in [0.15, 0.2) is 0 Å². The van der Waals surface area contributed by atoms with E-state index in [1.807, 2.05) is 6.07 Å². The van der Waals surface area contributed by atoms with E-state index >= 15 is 0 Å². The van der Waals surface area contributed by atoms with Crippen molar-refractivity contribution in [1.29, 1.82) is 0 Å². The van der Waals surface area contributed by atoms with Crippen molar-refractivity contribution < 1.29 is 8.78 Å². The van der Waals surface area contributed by atoms with Crippen LogP contribution in [0.2, 0.25) is 10.0 Å². The predicted octanol–water partition coefficient (Wildman–Crippen LogP) is 3.88. The summed E-state index contributed by atoms with van der Waals surface area (Å²) in [6.07, 6.45) is -0.143. The smallest absolute Gasteiger partial charge is 0.249 e. The van der Waals surface area contributed by atoms with Crippen LogP contribution in [0.4, 0.5) is 8.78 Å². The standard InChI is InChI=1S/C13H13Cl2F2N/c14-10-2-1-8(3-11(10)15)12-6-13(16,17)4-9(12)5-18-7-12/h1-3,9,18H,4-7H2. The summed E-state index contributed by atoms with van der Waals surface area (Å²) in [4.78, 5) is 0. The maximum atomic E-state index is 13.7. The molecule has 1 aliphatic carbocycles. The Labute approximate surface area is 114 Å². The van der Waals surface area contributed by atoms with Gasteiger partial charge in [-0.2, -0.15) is 0 Å². The van der Waals surface area contributed by atoms with E-state index in [4.69, 9.17) is 23.2 Å². The molecule has 0 radical (unpaired) electrons. The molecule has 3 rings (SSSR count). The maximum Gasteiger partial charge on any atom is 0.249 e. The minimum absolute atomic E-state index is 0.0234. The maximum absolute atomic E-state index is 13.7. The quantitative estimate of drug-likeness (QED) is 0.828. The molecule has 0 bridgehead atoms. The molecule has 1 aromatic carbocycles. The fourth-order valence-corrected chi connectivity index (χ4v) is 3.72. The second-order valence-corrected chi connectivity index (χ2v) is 6.16. The van der Waals surface area contributed by atoms with Crippen molar-refractivity contribution in [3.63, 3.8) is 0 Å². The Morgan fingerprint density at radius 3 is 2.72 bits per heavy atom. The van der Waals surface area contributed by atoms with Crippen molar-refractivity contribution in [2.45, 2.75) is 24.2 Å². The van der Waals surface area contributed by atoms with Gasteiger partial charge < -0.3 is 5.32 Å². The van der Waals surface area contributed by atoms with Gasteiger partial charge in [0.1, 0.15) is 0 Å². The average molecular weight is 292 g/mol. The van der Waals surface area contributed by atoms with Crippen LogP contribution in [0.5, 0.6) is 0 Å². The zero-order chi connectivity index (χ0) is 13.0. The third-order valence-electron chi connectivity index (χ3n) is 4.23. The molecule has 0 aromatic heterocycles. The Morgan fingerprint density at radius 2 is 2.00 bits per heavy atom. The summed E-state index contributed by atoms with van der Waals surface area (Å²) in [6, 6.07) is 5.26. The molecule has 0 spiro atoms. The summed E-state index contributed by atoms with van der Waals surface area (Å²) in [5, 5.41) is 4.12. The van der Waals surface area contributed by atoms with Crippen LogP contribution >= 0.6 is 23.2 Å². The molecule has 98 valence electrons. The van der Waals surface area contributed by atoms with E-state index in [1.54, 1.807) is 12.1 Å². The summed E-state index contributed by atoms with van der Waals surface area (Å²) in [5.41, 5.74) is 0.390. The van der Waals surface area contributed by atoms with Gasteiger partial charge in [0.2, 0.25) is 5.92 Å². The van der Waals surface area contributed by atoms with Gasteiger partial charge in [0, 0.05) is 24.8 Å². The van der Waals surface area contributed by atoms with Crippen molar-refractivity contribution in [2.24, 2.45) is 5.92 Å². The zero-order valence-corrected chi connectivity index (χ0v) is 11.2. The number of rotatable bonds is 1. The number of halogens is 4. The van der Waals surface area contributed by atoms with Gasteiger partial charge in [0.25, 0.3) is 0 Å². The molecule has 18 heavy (non-hydrogen) atoms. The van der Waals surface area contributed by atoms with Crippen LogP contribution in [-0.4, -0.2) is 19.0 Å². The fourth-order valence-electron chi connectivity index (χ4n) is 3.42. The molecule has 2 unspecified atom stereocenters. The van der Waals surface area contributed by atoms with Crippen LogP contribution in [0.15, 0.2) is 18.2 Å². The molecule has 1 saturated heterocycles. The second-order valence-electron chi connectivity index (χ2n) is 5.35. The number of benzene rings is 1. The SMILES string of the molecule is FC1(F)CC2CNCC2(c2ccc(Cl)c(Cl)c2)C1. The lowest BCUT2D eigenvalue weighted by molar-refractivity contribution is -0.000638. The highest BCUT2D eigenvalue weighted by Crippen LogP contribution is 2.54. The highest BCUT2D eigenvalue weighted by Gasteiger charge is 2.58. The van der Waals surface area contributed by atoms with Crippen molar-refractivity contribution in [3.8, 4) is 0 Å². The average Bonchev–Trinajstić information content (AvgIpc) is 2.75. The first-order valence-electron chi connectivity index (χ1n) is 5.97. The van der Waals surface area contributed by atoms with Gasteiger partial charge in [-0.25, -0.2) is 8.78 Å². The Hall–Kier alpha value is -0.380. The Bertz CT molecular complexity index is 492. The van der Waals surface area contributed by atoms with Crippen LogP contribution in [0, 0.1) is 5.92 Å². The number of hydrogen-bond donors (Lipinski definition) is 1. The first kappa shape index (κ1) is 12.6. The highest BCUT2D eigenvalue weighted by atomic mass is 35.5. The van der Waals surface area contributed by atoms with Crippen LogP contribution < -0.4 is 5.32 Å². The number of hydrogen-bond acceptors (Lipinski definition) is 1. The zero-order valence-electron chi connectivity index (χ0n) is 9.65. The van der Waals surface area contributed by atoms with Gasteiger partial charge in [-0.05, 0) is 30.2 Å². The second kappa shape index (κ2) is 4.06.